The molecule has 0 radical (unpaired) electrons. The predicted molar refractivity (Wildman–Crippen MR) is 266 cm³/mol. The Bertz CT molecular complexity index is 3710. The molecule has 8 heterocycles. The van der Waals surface area contributed by atoms with Crippen LogP contribution in [0.25, 0.3) is 22.7 Å². The predicted octanol–water partition coefficient (Wildman–Crippen LogP) is 7.13. The van der Waals surface area contributed by atoms with Crippen LogP contribution in [0.1, 0.15) is 98.6 Å². The van der Waals surface area contributed by atoms with Gasteiger partial charge in [-0.2, -0.15) is 0 Å². The Labute approximate surface area is 434 Å². The van der Waals surface area contributed by atoms with E-state index in [1.54, 1.807) is 23.0 Å². The second kappa shape index (κ2) is 21.5. The van der Waals surface area contributed by atoms with Crippen molar-refractivity contribution in [2.75, 3.05) is 14.2 Å². The number of Topliss-reactive ketones (excluding diaryl/α,β-unsaturated/α-hetero) is 1. The van der Waals surface area contributed by atoms with E-state index in [1.807, 2.05) is 33.3 Å². The molecule has 75 heavy (non-hydrogen) atoms. The van der Waals surface area contributed by atoms with Gasteiger partial charge in [0.1, 0.15) is 17.0 Å². The third kappa shape index (κ3) is 11.4. The zero-order valence-electron chi connectivity index (χ0n) is 40.1. The van der Waals surface area contributed by atoms with Crippen LogP contribution in [0.15, 0.2) is 98.1 Å². The largest absolute Gasteiger partial charge is 0.494 e. The van der Waals surface area contributed by atoms with Crippen LogP contribution in [0.4, 0.5) is 8.78 Å². The third-order valence-corrected chi connectivity index (χ3v) is 12.8. The number of nitrogens with zero attached hydrogens (tertiary/aromatic N) is 16. The zero-order valence-corrected chi connectivity index (χ0v) is 41.6. The quantitative estimate of drug-likeness (QED) is 0.0913. The molecule has 0 unspecified atom stereocenters. The molecule has 12 rings (SSSR count). The number of methoxy groups -OCH3 is 2. The lowest BCUT2D eigenvalue weighted by Gasteiger charge is -2.12. The van der Waals surface area contributed by atoms with Crippen LogP contribution in [0, 0.1) is 11.6 Å². The summed E-state index contributed by atoms with van der Waals surface area (Å²) in [7, 11) is 2.78. The maximum Gasteiger partial charge on any atom is 0.358 e. The van der Waals surface area contributed by atoms with E-state index in [0.29, 0.717) is 41.9 Å². The van der Waals surface area contributed by atoms with Crippen molar-refractivity contribution >= 4 is 46.2 Å². The van der Waals surface area contributed by atoms with Gasteiger partial charge in [0.25, 0.3) is 0 Å². The molecule has 2 aliphatic rings. The number of benzene rings is 2. The molecule has 0 saturated heterocycles. The summed E-state index contributed by atoms with van der Waals surface area (Å²) < 4.78 is 48.9. The van der Waals surface area contributed by atoms with E-state index in [-0.39, 0.29) is 63.9 Å². The lowest BCUT2D eigenvalue weighted by Crippen LogP contribution is -2.09. The molecule has 0 bridgehead atoms. The van der Waals surface area contributed by atoms with Gasteiger partial charge in [-0.05, 0) is 91.5 Å². The van der Waals surface area contributed by atoms with Gasteiger partial charge in [0, 0.05) is 48.9 Å². The first kappa shape index (κ1) is 50.1. The maximum absolute atomic E-state index is 15.1. The molecule has 2 aliphatic carbocycles. The van der Waals surface area contributed by atoms with Crippen LogP contribution in [0.3, 0.4) is 0 Å². The second-order valence-electron chi connectivity index (χ2n) is 17.6. The number of aromatic carboxylic acids is 1. The van der Waals surface area contributed by atoms with E-state index in [1.165, 1.54) is 95.8 Å². The number of ketones is 1. The summed E-state index contributed by atoms with van der Waals surface area (Å²) in [5.74, 6) is -0.840. The Morgan fingerprint density at radius 3 is 1.55 bits per heavy atom. The number of carboxylic acids is 1. The summed E-state index contributed by atoms with van der Waals surface area (Å²) >= 11 is 11.5. The van der Waals surface area contributed by atoms with Crippen LogP contribution in [-0.2, 0) is 26.1 Å². The van der Waals surface area contributed by atoms with Crippen molar-refractivity contribution in [1.29, 1.82) is 0 Å². The molecule has 2 saturated carbocycles. The molecule has 2 aromatic carbocycles. The van der Waals surface area contributed by atoms with Crippen molar-refractivity contribution in [2.24, 2.45) is 5.73 Å². The highest BCUT2D eigenvalue weighted by molar-refractivity contribution is 6.29. The molecular weight excluding hydrogens is 1020 g/mol. The molecule has 0 spiro atoms. The van der Waals surface area contributed by atoms with E-state index in [4.69, 9.17) is 43.5 Å². The molecular formula is C49H45Cl2F2N17O5. The first-order chi connectivity index (χ1) is 36.3. The number of hydrogen-bond donors (Lipinski definition) is 2. The minimum absolute atomic E-state index is 0.0104. The van der Waals surface area contributed by atoms with Crippen molar-refractivity contribution in [3.05, 3.63) is 165 Å². The van der Waals surface area contributed by atoms with E-state index in [9.17, 15) is 14.0 Å². The Hall–Kier alpha value is -8.48. The molecule has 0 aliphatic heterocycles. The summed E-state index contributed by atoms with van der Waals surface area (Å²) in [6, 6.07) is 14.6. The fraction of sp³-hybridized carbons (Fsp3) is 0.265. The minimum atomic E-state index is -1.08. The first-order valence-electron chi connectivity index (χ1n) is 23.4. The molecule has 0 atom stereocenters. The van der Waals surface area contributed by atoms with Crippen LogP contribution in [-0.4, -0.2) is 110 Å². The number of fused-ring (bicyclic) bond motifs is 2. The monoisotopic (exact) mass is 1060 g/mol. The van der Waals surface area contributed by atoms with E-state index in [2.05, 4.69) is 75.7 Å². The van der Waals surface area contributed by atoms with Crippen molar-refractivity contribution in [3.63, 3.8) is 0 Å². The Kier molecular flexibility index (Phi) is 14.4. The van der Waals surface area contributed by atoms with Gasteiger partial charge in [-0.3, -0.25) is 4.79 Å². The number of hydrogen-bond acceptors (Lipinski definition) is 15. The summed E-state index contributed by atoms with van der Waals surface area (Å²) in [4.78, 5) is 32.8. The zero-order chi connectivity index (χ0) is 52.3. The number of imidazole rings is 2. The molecule has 22 nitrogen and oxygen atoms in total. The number of ether oxygens (including phenoxy) is 2. The summed E-state index contributed by atoms with van der Waals surface area (Å²) in [5.41, 5.74) is 13.2. The van der Waals surface area contributed by atoms with Crippen molar-refractivity contribution in [1.82, 2.24) is 78.7 Å². The van der Waals surface area contributed by atoms with E-state index in [0.717, 1.165) is 22.7 Å². The van der Waals surface area contributed by atoms with Gasteiger partial charge in [-0.15, -0.1) is 20.4 Å². The number of carboxylic acid groups (broad SMARTS) is 1. The van der Waals surface area contributed by atoms with Gasteiger partial charge in [-0.25, -0.2) is 42.3 Å². The molecule has 3 N–H and O–H groups in total. The molecule has 8 aromatic heterocycles. The highest BCUT2D eigenvalue weighted by atomic mass is 35.5. The van der Waals surface area contributed by atoms with Crippen LogP contribution in [0.2, 0.25) is 10.3 Å². The first-order valence-corrected chi connectivity index (χ1v) is 24.2. The number of rotatable bonds is 16. The standard InChI is InChI=1S/C25H22ClFN8O2.C14H13N5O2.C10H10ClFN4O/c1-37-22-8-6-20(35-14-23(26)30-32-35)18(25(22)27)5-7-21(36)19-13-34(31-29-19)12-17-11-33-10-16(15-2-3-15)4-9-24(33)28-17;20-14(21)12-8-19(17-16-12)7-11-6-18-5-10(9-1-2-9)3-4-13(18)15-11;1-17-8-3-2-7(6(4-13)10(8)12)16-5-9(11)14-15-16/h4,6,8-11,13-15H,2-3,5,7,12H2,1H3;3-6,8-9H,1-2,7H2,(H,20,21);2-3,5H,4,13H2,1H3. The van der Waals surface area contributed by atoms with Crippen molar-refractivity contribution < 1.29 is 33.0 Å². The molecule has 26 heteroatoms. The van der Waals surface area contributed by atoms with Crippen LogP contribution >= 0.6 is 23.2 Å². The van der Waals surface area contributed by atoms with E-state index < -0.39 is 17.6 Å². The Morgan fingerprint density at radius 2 is 1.11 bits per heavy atom. The molecule has 0 amide bonds. The number of carbonyl (C=O) groups is 2. The molecule has 384 valence electrons. The van der Waals surface area contributed by atoms with Gasteiger partial charge in [0.15, 0.2) is 44.9 Å². The number of pyridine rings is 2. The minimum Gasteiger partial charge on any atom is -0.494 e. The maximum atomic E-state index is 15.1. The molecule has 10 aromatic rings. The summed E-state index contributed by atoms with van der Waals surface area (Å²) in [6.07, 6.45) is 19.2. The highest BCUT2D eigenvalue weighted by Gasteiger charge is 2.25. The number of nitrogens with two attached hydrogens (primary N) is 1. The lowest BCUT2D eigenvalue weighted by atomic mass is 10.0. The fourth-order valence-corrected chi connectivity index (χ4v) is 8.60. The number of halogens is 4. The smallest absolute Gasteiger partial charge is 0.358 e. The van der Waals surface area contributed by atoms with Crippen LogP contribution < -0.4 is 15.2 Å². The van der Waals surface area contributed by atoms with E-state index >= 15 is 4.39 Å². The Morgan fingerprint density at radius 1 is 0.627 bits per heavy atom. The number of aromatic nitrogens is 16. The van der Waals surface area contributed by atoms with Crippen LogP contribution in [0.5, 0.6) is 11.5 Å². The van der Waals surface area contributed by atoms with Crippen molar-refractivity contribution in [2.45, 2.75) is 70.0 Å². The average molecular weight is 1060 g/mol. The topological polar surface area (TPSA) is 256 Å². The van der Waals surface area contributed by atoms with Gasteiger partial charge in [-0.1, -0.05) is 56.2 Å². The average Bonchev–Trinajstić information content (AvgIpc) is 3.96. The third-order valence-electron chi connectivity index (χ3n) is 12.4. The highest BCUT2D eigenvalue weighted by Crippen LogP contribution is 2.41. The summed E-state index contributed by atoms with van der Waals surface area (Å²) in [5, 5.41) is 39.8. The lowest BCUT2D eigenvalue weighted by molar-refractivity contribution is 0.0690. The number of carbonyl (C=O) groups excluding carboxylic acids is 1. The van der Waals surface area contributed by atoms with Crippen molar-refractivity contribution in [3.8, 4) is 22.9 Å². The normalized spacial score (nSPS) is 13.1. The molecule has 2 fully saturated rings. The van der Waals surface area contributed by atoms with Gasteiger partial charge in [0.2, 0.25) is 0 Å². The Balaban J connectivity index is 0.000000142. The SMILES string of the molecule is COc1ccc(-n2cc(Cl)nn2)c(CCC(=O)c2cn(Cc3cn4cc(C5CC5)ccc4n3)nn2)c1F.COc1ccc(-n2cc(Cl)nn2)c(CN)c1F.O=C(O)c1cn(Cc2cn3cc(C4CC4)ccc3n2)nn1. The summed E-state index contributed by atoms with van der Waals surface area (Å²) in [6.45, 7) is 0.805. The van der Waals surface area contributed by atoms with Gasteiger partial charge in [0.05, 0.1) is 74.9 Å². The fourth-order valence-electron chi connectivity index (χ4n) is 8.35. The second-order valence-corrected chi connectivity index (χ2v) is 18.4. The van der Waals surface area contributed by atoms with Gasteiger partial charge >= 0.3 is 5.97 Å². The van der Waals surface area contributed by atoms with Gasteiger partial charge < -0.3 is 29.1 Å².